The average molecular weight is 696 g/mol. The SMILES string of the molecule is CCC(C(=O)NC1CCCCC1)N(Cc1ccc(Cl)c(Cl)c1)C(=O)CN(c1ccc(Br)cc1)S(=O)(=O)c1ccccc1. The van der Waals surface area contributed by atoms with Crippen LogP contribution in [0.1, 0.15) is 51.0 Å². The van der Waals surface area contributed by atoms with Crippen molar-refractivity contribution in [1.82, 2.24) is 10.2 Å². The van der Waals surface area contributed by atoms with E-state index in [-0.39, 0.29) is 23.4 Å². The van der Waals surface area contributed by atoms with Gasteiger partial charge in [0.15, 0.2) is 0 Å². The molecule has 42 heavy (non-hydrogen) atoms. The summed E-state index contributed by atoms with van der Waals surface area (Å²) in [5.41, 5.74) is 0.993. The lowest BCUT2D eigenvalue weighted by Crippen LogP contribution is -2.54. The highest BCUT2D eigenvalue weighted by atomic mass is 79.9. The topological polar surface area (TPSA) is 86.8 Å². The summed E-state index contributed by atoms with van der Waals surface area (Å²) in [7, 11) is -4.12. The third kappa shape index (κ3) is 8.07. The van der Waals surface area contributed by atoms with Gasteiger partial charge in [0, 0.05) is 17.1 Å². The van der Waals surface area contributed by atoms with E-state index in [0.29, 0.717) is 27.7 Å². The smallest absolute Gasteiger partial charge is 0.264 e. The normalized spacial score (nSPS) is 14.7. The summed E-state index contributed by atoms with van der Waals surface area (Å²) in [6.45, 7) is 1.38. The van der Waals surface area contributed by atoms with Crippen LogP contribution in [0.25, 0.3) is 0 Å². The molecule has 0 spiro atoms. The molecule has 0 bridgehead atoms. The minimum atomic E-state index is -4.12. The second kappa shape index (κ2) is 14.7. The lowest BCUT2D eigenvalue weighted by Gasteiger charge is -2.34. The van der Waals surface area contributed by atoms with E-state index in [4.69, 9.17) is 23.2 Å². The third-order valence-corrected chi connectivity index (χ3v) is 10.5. The maximum atomic E-state index is 14.2. The van der Waals surface area contributed by atoms with Gasteiger partial charge in [-0.3, -0.25) is 13.9 Å². The zero-order chi connectivity index (χ0) is 30.3. The van der Waals surface area contributed by atoms with Crippen LogP contribution in [0.4, 0.5) is 5.69 Å². The van der Waals surface area contributed by atoms with Crippen LogP contribution in [0, 0.1) is 0 Å². The first-order valence-electron chi connectivity index (χ1n) is 14.0. The van der Waals surface area contributed by atoms with E-state index in [1.165, 1.54) is 17.0 Å². The van der Waals surface area contributed by atoms with Crippen molar-refractivity contribution in [3.63, 3.8) is 0 Å². The van der Waals surface area contributed by atoms with Gasteiger partial charge in [0.1, 0.15) is 12.6 Å². The molecule has 2 amide bonds. The Bertz CT molecular complexity index is 1480. The molecule has 1 aliphatic carbocycles. The highest BCUT2D eigenvalue weighted by Crippen LogP contribution is 2.28. The highest BCUT2D eigenvalue weighted by molar-refractivity contribution is 9.10. The summed E-state index contributed by atoms with van der Waals surface area (Å²) in [5.74, 6) is -0.770. The van der Waals surface area contributed by atoms with E-state index >= 15 is 0 Å². The Labute approximate surface area is 266 Å². The molecule has 224 valence electrons. The fourth-order valence-electron chi connectivity index (χ4n) is 5.15. The number of halogens is 3. The number of sulfonamides is 1. The Hall–Kier alpha value is -2.59. The number of amides is 2. The summed E-state index contributed by atoms with van der Waals surface area (Å²) in [6, 6.07) is 18.9. The van der Waals surface area contributed by atoms with Crippen LogP contribution in [0.2, 0.25) is 10.0 Å². The Morgan fingerprint density at radius 3 is 2.24 bits per heavy atom. The number of carbonyl (C=O) groups is 2. The number of nitrogens with zero attached hydrogens (tertiary/aromatic N) is 2. The van der Waals surface area contributed by atoms with Gasteiger partial charge in [-0.05, 0) is 73.4 Å². The summed E-state index contributed by atoms with van der Waals surface area (Å²) < 4.78 is 29.6. The number of anilines is 1. The van der Waals surface area contributed by atoms with E-state index in [2.05, 4.69) is 21.2 Å². The van der Waals surface area contributed by atoms with Gasteiger partial charge >= 0.3 is 0 Å². The van der Waals surface area contributed by atoms with Crippen molar-refractivity contribution in [3.8, 4) is 0 Å². The largest absolute Gasteiger partial charge is 0.352 e. The molecule has 0 aliphatic heterocycles. The van der Waals surface area contributed by atoms with Gasteiger partial charge in [-0.25, -0.2) is 8.42 Å². The van der Waals surface area contributed by atoms with Crippen LogP contribution >= 0.6 is 39.1 Å². The molecular formula is C31H34BrCl2N3O4S. The fourth-order valence-corrected chi connectivity index (χ4v) is 7.17. The maximum Gasteiger partial charge on any atom is 0.264 e. The summed E-state index contributed by atoms with van der Waals surface area (Å²) in [4.78, 5) is 29.3. The minimum Gasteiger partial charge on any atom is -0.352 e. The zero-order valence-electron chi connectivity index (χ0n) is 23.3. The molecule has 1 atom stereocenters. The molecule has 0 aromatic heterocycles. The molecule has 1 aliphatic rings. The van der Waals surface area contributed by atoms with Gasteiger partial charge < -0.3 is 10.2 Å². The number of nitrogens with one attached hydrogen (secondary N) is 1. The number of hydrogen-bond donors (Lipinski definition) is 1. The molecule has 3 aromatic carbocycles. The van der Waals surface area contributed by atoms with Gasteiger partial charge in [-0.2, -0.15) is 0 Å². The van der Waals surface area contributed by atoms with E-state index < -0.39 is 28.5 Å². The lowest BCUT2D eigenvalue weighted by atomic mass is 9.95. The summed E-state index contributed by atoms with van der Waals surface area (Å²) >= 11 is 15.8. The molecule has 0 saturated heterocycles. The highest BCUT2D eigenvalue weighted by Gasteiger charge is 2.34. The van der Waals surface area contributed by atoms with Gasteiger partial charge in [0.05, 0.1) is 20.6 Å². The molecule has 0 heterocycles. The van der Waals surface area contributed by atoms with Crippen LogP contribution in [0.3, 0.4) is 0 Å². The Balaban J connectivity index is 1.70. The van der Waals surface area contributed by atoms with Crippen LogP contribution in [0.15, 0.2) is 82.2 Å². The van der Waals surface area contributed by atoms with Gasteiger partial charge in [0.25, 0.3) is 10.0 Å². The number of rotatable bonds is 11. The lowest BCUT2D eigenvalue weighted by molar-refractivity contribution is -0.140. The Morgan fingerprint density at radius 1 is 0.952 bits per heavy atom. The molecule has 7 nitrogen and oxygen atoms in total. The first-order valence-corrected chi connectivity index (χ1v) is 17.0. The number of carbonyl (C=O) groups excluding carboxylic acids is 2. The minimum absolute atomic E-state index is 0.0475. The Morgan fingerprint density at radius 2 is 1.62 bits per heavy atom. The quantitative estimate of drug-likeness (QED) is 0.230. The number of benzene rings is 3. The van der Waals surface area contributed by atoms with E-state index in [1.807, 2.05) is 6.92 Å². The molecule has 3 aromatic rings. The van der Waals surface area contributed by atoms with Crippen LogP contribution in [-0.4, -0.2) is 43.8 Å². The molecule has 4 rings (SSSR count). The van der Waals surface area contributed by atoms with Gasteiger partial charge in [0.2, 0.25) is 11.8 Å². The zero-order valence-corrected chi connectivity index (χ0v) is 27.2. The molecule has 1 N–H and O–H groups in total. The van der Waals surface area contributed by atoms with Crippen molar-refractivity contribution in [2.75, 3.05) is 10.8 Å². The van der Waals surface area contributed by atoms with Crippen molar-refractivity contribution < 1.29 is 18.0 Å². The summed E-state index contributed by atoms with van der Waals surface area (Å²) in [6.07, 6.45) is 5.38. The maximum absolute atomic E-state index is 14.2. The van der Waals surface area contributed by atoms with Crippen molar-refractivity contribution in [1.29, 1.82) is 0 Å². The molecule has 1 fully saturated rings. The van der Waals surface area contributed by atoms with E-state index in [1.54, 1.807) is 60.7 Å². The predicted octanol–water partition coefficient (Wildman–Crippen LogP) is 7.21. The van der Waals surface area contributed by atoms with Crippen molar-refractivity contribution in [3.05, 3.63) is 92.9 Å². The molecule has 1 saturated carbocycles. The second-order valence-electron chi connectivity index (χ2n) is 10.3. The van der Waals surface area contributed by atoms with Crippen molar-refractivity contribution in [2.45, 2.75) is 69.0 Å². The molecule has 1 unspecified atom stereocenters. The molecule has 0 radical (unpaired) electrons. The number of hydrogen-bond acceptors (Lipinski definition) is 4. The molecular weight excluding hydrogens is 661 g/mol. The van der Waals surface area contributed by atoms with Crippen LogP contribution in [-0.2, 0) is 26.2 Å². The standard InChI is InChI=1S/C31H34BrCl2N3O4S/c1-2-29(31(39)35-24-9-5-3-6-10-24)36(20-22-13-18-27(33)28(34)19-22)30(38)21-37(25-16-14-23(32)15-17-25)42(40,41)26-11-7-4-8-12-26/h4,7-8,11-19,24,29H,2-3,5-6,9-10,20-21H2,1H3,(H,35,39). The first-order chi connectivity index (χ1) is 20.1. The third-order valence-electron chi connectivity index (χ3n) is 7.40. The predicted molar refractivity (Wildman–Crippen MR) is 171 cm³/mol. The van der Waals surface area contributed by atoms with Crippen molar-refractivity contribution in [2.24, 2.45) is 0 Å². The van der Waals surface area contributed by atoms with Crippen LogP contribution in [0.5, 0.6) is 0 Å². The van der Waals surface area contributed by atoms with Gasteiger partial charge in [-0.1, -0.05) is 89.6 Å². The second-order valence-corrected chi connectivity index (χ2v) is 13.9. The molecule has 11 heteroatoms. The van der Waals surface area contributed by atoms with Crippen LogP contribution < -0.4 is 9.62 Å². The first kappa shape index (κ1) is 32.3. The van der Waals surface area contributed by atoms with Crippen molar-refractivity contribution >= 4 is 66.7 Å². The Kier molecular flexibility index (Phi) is 11.3. The summed E-state index contributed by atoms with van der Waals surface area (Å²) in [5, 5.41) is 3.84. The van der Waals surface area contributed by atoms with Gasteiger partial charge in [-0.15, -0.1) is 0 Å². The monoisotopic (exact) mass is 693 g/mol. The fraction of sp³-hybridized carbons (Fsp3) is 0.355. The van der Waals surface area contributed by atoms with E-state index in [0.717, 1.165) is 40.9 Å². The van der Waals surface area contributed by atoms with E-state index in [9.17, 15) is 18.0 Å². The average Bonchev–Trinajstić information content (AvgIpc) is 2.99.